The van der Waals surface area contributed by atoms with Crippen LogP contribution in [-0.4, -0.2) is 47.6 Å². The van der Waals surface area contributed by atoms with Crippen molar-refractivity contribution >= 4 is 18.3 Å². The Morgan fingerprint density at radius 2 is 2.23 bits per heavy atom. The lowest BCUT2D eigenvalue weighted by molar-refractivity contribution is -0.123. The van der Waals surface area contributed by atoms with Crippen LogP contribution in [0.2, 0.25) is 0 Å². The molecule has 2 N–H and O–H groups in total. The van der Waals surface area contributed by atoms with E-state index in [-0.39, 0.29) is 36.3 Å². The highest BCUT2D eigenvalue weighted by atomic mass is 35.5. The molecule has 22 heavy (non-hydrogen) atoms. The van der Waals surface area contributed by atoms with E-state index in [1.165, 1.54) is 0 Å². The average molecular weight is 332 g/mol. The van der Waals surface area contributed by atoms with E-state index in [9.17, 15) is 4.79 Å². The molecular weight excluding hydrogens is 306 g/mol. The molecule has 0 saturated carbocycles. The summed E-state index contributed by atoms with van der Waals surface area (Å²) in [5, 5.41) is 10.2. The Hall–Kier alpha value is -1.18. The number of carbonyl (C=O) groups is 1. The Bertz CT molecular complexity index is 486. The third-order valence-electron chi connectivity index (χ3n) is 3.42. The van der Waals surface area contributed by atoms with Gasteiger partial charge in [-0.15, -0.1) is 12.4 Å². The molecule has 2 heterocycles. The molecule has 1 unspecified atom stereocenters. The van der Waals surface area contributed by atoms with Crippen molar-refractivity contribution in [2.75, 3.05) is 26.7 Å². The number of aromatic nitrogens is 2. The zero-order valence-electron chi connectivity index (χ0n) is 13.7. The van der Waals surface area contributed by atoms with Gasteiger partial charge in [0, 0.05) is 26.1 Å². The molecule has 0 aliphatic carbocycles. The quantitative estimate of drug-likeness (QED) is 0.860. The highest BCUT2D eigenvalue weighted by Crippen LogP contribution is 2.19. The van der Waals surface area contributed by atoms with Crippen molar-refractivity contribution in [3.63, 3.8) is 0 Å². The lowest BCUT2D eigenvalue weighted by Crippen LogP contribution is -2.44. The number of hydrogen-bond donors (Lipinski definition) is 2. The topological polar surface area (TPSA) is 83.3 Å². The Kier molecular flexibility index (Phi) is 6.77. The molecule has 8 heteroatoms. The zero-order chi connectivity index (χ0) is 15.5. The first kappa shape index (κ1) is 18.9. The highest BCUT2D eigenvalue weighted by Gasteiger charge is 2.25. The van der Waals surface area contributed by atoms with Gasteiger partial charge >= 0.3 is 0 Å². The number of likely N-dealkylation sites (N-methyl/N-ethyl adjacent to an activating group) is 1. The van der Waals surface area contributed by atoms with E-state index >= 15 is 0 Å². The number of halogens is 1. The fourth-order valence-corrected chi connectivity index (χ4v) is 2.29. The molecule has 1 saturated heterocycles. The molecule has 126 valence electrons. The van der Waals surface area contributed by atoms with E-state index in [1.807, 2.05) is 27.8 Å². The van der Waals surface area contributed by atoms with Gasteiger partial charge in [0.2, 0.25) is 11.8 Å². The maximum absolute atomic E-state index is 11.8. The van der Waals surface area contributed by atoms with Crippen molar-refractivity contribution in [1.82, 2.24) is 25.7 Å². The molecule has 0 aromatic carbocycles. The van der Waals surface area contributed by atoms with Gasteiger partial charge in [-0.05, 0) is 12.5 Å². The summed E-state index contributed by atoms with van der Waals surface area (Å²) in [7, 11) is 2.05. The summed E-state index contributed by atoms with van der Waals surface area (Å²) < 4.78 is 5.22. The number of nitrogens with zero attached hydrogens (tertiary/aromatic N) is 3. The summed E-state index contributed by atoms with van der Waals surface area (Å²) >= 11 is 0. The molecule has 2 rings (SSSR count). The predicted molar refractivity (Wildman–Crippen MR) is 85.7 cm³/mol. The summed E-state index contributed by atoms with van der Waals surface area (Å²) in [5.74, 6) is 1.12. The second-order valence-corrected chi connectivity index (χ2v) is 6.76. The van der Waals surface area contributed by atoms with Gasteiger partial charge in [-0.25, -0.2) is 0 Å². The van der Waals surface area contributed by atoms with Gasteiger partial charge in [-0.2, -0.15) is 4.98 Å². The number of hydrogen-bond acceptors (Lipinski definition) is 6. The highest BCUT2D eigenvalue weighted by molar-refractivity contribution is 5.85. The smallest absolute Gasteiger partial charge is 0.246 e. The van der Waals surface area contributed by atoms with Gasteiger partial charge in [-0.3, -0.25) is 9.69 Å². The van der Waals surface area contributed by atoms with Crippen LogP contribution in [0.3, 0.4) is 0 Å². The molecule has 1 fully saturated rings. The number of amides is 1. The van der Waals surface area contributed by atoms with E-state index in [0.29, 0.717) is 18.1 Å². The molecule has 1 atom stereocenters. The van der Waals surface area contributed by atoms with Gasteiger partial charge < -0.3 is 15.2 Å². The molecular formula is C14H26ClN5O2. The Balaban J connectivity index is 0.00000242. The molecule has 1 amide bonds. The van der Waals surface area contributed by atoms with Crippen molar-refractivity contribution in [3.8, 4) is 0 Å². The third kappa shape index (κ3) is 5.55. The summed E-state index contributed by atoms with van der Waals surface area (Å²) in [6, 6.07) is 0.126. The Morgan fingerprint density at radius 3 is 2.86 bits per heavy atom. The van der Waals surface area contributed by atoms with Gasteiger partial charge in [-0.1, -0.05) is 25.9 Å². The van der Waals surface area contributed by atoms with Crippen molar-refractivity contribution in [2.24, 2.45) is 5.41 Å². The van der Waals surface area contributed by atoms with Crippen LogP contribution < -0.4 is 10.6 Å². The lowest BCUT2D eigenvalue weighted by atomic mass is 9.92. The number of nitrogens with one attached hydrogen (secondary N) is 2. The van der Waals surface area contributed by atoms with Crippen molar-refractivity contribution in [3.05, 3.63) is 11.7 Å². The van der Waals surface area contributed by atoms with E-state index in [1.54, 1.807) is 0 Å². The second kappa shape index (κ2) is 7.89. The van der Waals surface area contributed by atoms with Crippen LogP contribution in [0.25, 0.3) is 0 Å². The predicted octanol–water partition coefficient (Wildman–Crippen LogP) is 1.12. The van der Waals surface area contributed by atoms with Crippen molar-refractivity contribution in [2.45, 2.75) is 39.8 Å². The van der Waals surface area contributed by atoms with Gasteiger partial charge in [0.1, 0.15) is 0 Å². The maximum Gasteiger partial charge on any atom is 0.246 e. The largest absolute Gasteiger partial charge is 0.347 e. The average Bonchev–Trinajstić information content (AvgIpc) is 2.83. The first-order valence-electron chi connectivity index (χ1n) is 7.35. The minimum Gasteiger partial charge on any atom is -0.347 e. The van der Waals surface area contributed by atoms with E-state index < -0.39 is 0 Å². The number of rotatable bonds is 4. The van der Waals surface area contributed by atoms with E-state index in [4.69, 9.17) is 4.52 Å². The number of piperazine rings is 1. The minimum atomic E-state index is -0.0272. The van der Waals surface area contributed by atoms with Crippen molar-refractivity contribution < 1.29 is 9.32 Å². The second-order valence-electron chi connectivity index (χ2n) is 6.76. The normalized spacial score (nSPS) is 19.5. The fraction of sp³-hybridized carbons (Fsp3) is 0.786. The molecule has 1 aromatic rings. The number of carbonyl (C=O) groups excluding carboxylic acids is 1. The van der Waals surface area contributed by atoms with Crippen LogP contribution >= 0.6 is 12.4 Å². The third-order valence-corrected chi connectivity index (χ3v) is 3.42. The van der Waals surface area contributed by atoms with Crippen LogP contribution in [0.1, 0.15) is 44.9 Å². The van der Waals surface area contributed by atoms with Crippen LogP contribution in [0.4, 0.5) is 0 Å². The molecule has 0 radical (unpaired) electrons. The fourth-order valence-electron chi connectivity index (χ4n) is 2.29. The summed E-state index contributed by atoms with van der Waals surface area (Å²) in [5.41, 5.74) is -0.0272. The van der Waals surface area contributed by atoms with E-state index in [0.717, 1.165) is 19.6 Å². The van der Waals surface area contributed by atoms with Crippen LogP contribution in [-0.2, 0) is 11.3 Å². The molecule has 0 bridgehead atoms. The molecule has 7 nitrogen and oxygen atoms in total. The first-order chi connectivity index (χ1) is 9.85. The summed E-state index contributed by atoms with van der Waals surface area (Å²) in [6.07, 6.45) is 0.475. The zero-order valence-corrected chi connectivity index (χ0v) is 14.5. The SMILES string of the molecule is CN1CCNCC1c1noc(CNC(=O)CC(C)(C)C)n1.Cl. The lowest BCUT2D eigenvalue weighted by Gasteiger charge is -2.30. The Labute approximate surface area is 137 Å². The van der Waals surface area contributed by atoms with Gasteiger partial charge in [0.15, 0.2) is 5.82 Å². The van der Waals surface area contributed by atoms with Gasteiger partial charge in [0.25, 0.3) is 0 Å². The Morgan fingerprint density at radius 1 is 1.50 bits per heavy atom. The first-order valence-corrected chi connectivity index (χ1v) is 7.35. The van der Waals surface area contributed by atoms with Crippen LogP contribution in [0.5, 0.6) is 0 Å². The van der Waals surface area contributed by atoms with Gasteiger partial charge in [0.05, 0.1) is 12.6 Å². The monoisotopic (exact) mass is 331 g/mol. The standard InChI is InChI=1S/C14H25N5O2.ClH/c1-14(2,3)7-11(20)16-9-12-17-13(18-21-12)10-8-15-5-6-19(10)4;/h10,15H,5-9H2,1-4H3,(H,16,20);1H. The minimum absolute atomic E-state index is 0. The van der Waals surface area contributed by atoms with Crippen LogP contribution in [0.15, 0.2) is 4.52 Å². The maximum atomic E-state index is 11.8. The molecule has 0 spiro atoms. The molecule has 1 aromatic heterocycles. The summed E-state index contributed by atoms with van der Waals surface area (Å²) in [4.78, 5) is 18.3. The van der Waals surface area contributed by atoms with Crippen molar-refractivity contribution in [1.29, 1.82) is 0 Å². The molecule has 1 aliphatic rings. The van der Waals surface area contributed by atoms with Crippen LogP contribution in [0, 0.1) is 5.41 Å². The summed E-state index contributed by atoms with van der Waals surface area (Å²) in [6.45, 7) is 9.12. The molecule has 1 aliphatic heterocycles. The van der Waals surface area contributed by atoms with E-state index in [2.05, 4.69) is 25.7 Å².